The molecule has 1 amide bonds. The Balaban J connectivity index is 0.000000241. The number of rotatable bonds is 20. The maximum Gasteiger partial charge on any atom is 1.00 e. The number of thiophene rings is 2. The molecule has 4 aliphatic carbocycles. The molecule has 15 nitrogen and oxygen atoms in total. The molecule has 6 aromatic rings. The quantitative estimate of drug-likeness (QED) is 0.0568. The summed E-state index contributed by atoms with van der Waals surface area (Å²) >= 11 is 3.64. The summed E-state index contributed by atoms with van der Waals surface area (Å²) in [5, 5.41) is 13.0. The Morgan fingerprint density at radius 3 is 1.49 bits per heavy atom. The summed E-state index contributed by atoms with van der Waals surface area (Å²) in [6.07, 6.45) is 19.4. The van der Waals surface area contributed by atoms with E-state index in [2.05, 4.69) is 47.9 Å². The summed E-state index contributed by atoms with van der Waals surface area (Å²) < 4.78 is 28.0. The van der Waals surface area contributed by atoms with E-state index >= 15 is 0 Å². The number of aryl methyl sites for hydroxylation is 2. The van der Waals surface area contributed by atoms with Gasteiger partial charge in [0.2, 0.25) is 0 Å². The van der Waals surface area contributed by atoms with Gasteiger partial charge in [0.25, 0.3) is 0 Å². The van der Waals surface area contributed by atoms with Gasteiger partial charge in [0.1, 0.15) is 56.7 Å². The number of nitrogens with zero attached hydrogens (tertiary/aromatic N) is 7. The van der Waals surface area contributed by atoms with E-state index in [1.165, 1.54) is 42.8 Å². The smallest absolute Gasteiger partial charge is 1.00 e. The fourth-order valence-corrected chi connectivity index (χ4v) is 15.9. The van der Waals surface area contributed by atoms with Gasteiger partial charge in [0.05, 0.1) is 37.2 Å². The van der Waals surface area contributed by atoms with Crippen molar-refractivity contribution in [1.82, 2.24) is 24.8 Å². The molecule has 2 fully saturated rings. The van der Waals surface area contributed by atoms with E-state index in [0.717, 1.165) is 149 Å². The standard InChI is InChI=1S/C34H48N4O4S.C33H45N3O4S.Na.H/c1-8-26(40-6)19-23-11-18-28-29(23)30-31(35-21-36-32(30)43-28)38(20-22-9-16-27(41-7)17-10-22)25-14-12-24(13-15-25)37(5)33(39)42-34(2,3)4;1-6-25(37)18-23-11-16-27-29(23)30-31(34-20-35-32(30)41-27)36(19-22-9-14-26(39-5)15-10-22)24-12-7-21(8-13-24)17-28(38)40-33(2,3)4;;/h9-10,16-17,21,23-26H,8,11-15,18-20H2,1-7H3;9-10,14-15,20-21,23-25,37H,6-8,11-13,16-19H2,1-5H3;;/q;;+1;-1/t23-,24?,25?,26?;21?,23-,24?,25?;;/m11../s1. The van der Waals surface area contributed by atoms with Crippen LogP contribution in [0.4, 0.5) is 16.4 Å². The van der Waals surface area contributed by atoms with Crippen molar-refractivity contribution < 1.29 is 69.4 Å². The Morgan fingerprint density at radius 1 is 0.624 bits per heavy atom. The van der Waals surface area contributed by atoms with E-state index in [1.807, 2.05) is 91.3 Å². The zero-order chi connectivity index (χ0) is 59.9. The van der Waals surface area contributed by atoms with Crippen LogP contribution in [0.1, 0.15) is 197 Å². The second kappa shape index (κ2) is 29.6. The second-order valence-corrected chi connectivity index (χ2v) is 28.0. The number of carbonyl (C=O) groups excluding carboxylic acids is 2. The Morgan fingerprint density at radius 2 is 1.07 bits per heavy atom. The van der Waals surface area contributed by atoms with Gasteiger partial charge in [-0.3, -0.25) is 4.79 Å². The molecule has 2 unspecified atom stereocenters. The number of anilines is 2. The van der Waals surface area contributed by atoms with Gasteiger partial charge < -0.3 is 44.9 Å². The molecule has 10 rings (SSSR count). The molecule has 2 aromatic carbocycles. The van der Waals surface area contributed by atoms with E-state index in [4.69, 9.17) is 43.6 Å². The molecular formula is C67H94N7NaO8S2. The third-order valence-electron chi connectivity index (χ3n) is 17.8. The first-order chi connectivity index (χ1) is 40.3. The molecule has 85 heavy (non-hydrogen) atoms. The van der Waals surface area contributed by atoms with E-state index in [9.17, 15) is 14.7 Å². The van der Waals surface area contributed by atoms with Crippen LogP contribution in [-0.2, 0) is 44.9 Å². The number of aromatic nitrogens is 4. The largest absolute Gasteiger partial charge is 1.00 e. The van der Waals surface area contributed by atoms with Crippen LogP contribution in [-0.4, -0.2) is 112 Å². The monoisotopic (exact) mass is 1210 g/mol. The molecule has 4 aromatic heterocycles. The van der Waals surface area contributed by atoms with E-state index in [0.29, 0.717) is 36.3 Å². The van der Waals surface area contributed by atoms with E-state index < -0.39 is 11.2 Å². The summed E-state index contributed by atoms with van der Waals surface area (Å²) in [5.74, 6) is 4.80. The van der Waals surface area contributed by atoms with Gasteiger partial charge in [0.15, 0.2) is 0 Å². The first-order valence-corrected chi connectivity index (χ1v) is 32.6. The minimum absolute atomic E-state index is 0. The average Bonchev–Trinajstić information content (AvgIpc) is 1.66. The van der Waals surface area contributed by atoms with Crippen LogP contribution in [0.3, 0.4) is 0 Å². The van der Waals surface area contributed by atoms with Crippen molar-refractivity contribution in [1.29, 1.82) is 0 Å². The Labute approximate surface area is 537 Å². The number of hydrogen-bond acceptors (Lipinski definition) is 16. The molecule has 0 radical (unpaired) electrons. The number of esters is 1. The molecule has 458 valence electrons. The van der Waals surface area contributed by atoms with E-state index in [-0.39, 0.29) is 61.3 Å². The van der Waals surface area contributed by atoms with Crippen LogP contribution in [0.25, 0.3) is 20.4 Å². The average molecular weight is 1210 g/mol. The maximum atomic E-state index is 12.8. The first-order valence-electron chi connectivity index (χ1n) is 31.0. The van der Waals surface area contributed by atoms with Crippen LogP contribution in [0.15, 0.2) is 61.2 Å². The summed E-state index contributed by atoms with van der Waals surface area (Å²) in [4.78, 5) is 56.6. The predicted octanol–water partition coefficient (Wildman–Crippen LogP) is 12.0. The Kier molecular flexibility index (Phi) is 23.1. The molecule has 4 heterocycles. The van der Waals surface area contributed by atoms with Crippen LogP contribution in [0, 0.1) is 5.92 Å². The minimum atomic E-state index is -0.505. The molecule has 4 aliphatic rings. The van der Waals surface area contributed by atoms with Crippen LogP contribution in [0.5, 0.6) is 11.5 Å². The van der Waals surface area contributed by atoms with Gasteiger partial charge in [-0.25, -0.2) is 24.7 Å². The molecule has 0 bridgehead atoms. The first kappa shape index (κ1) is 66.3. The van der Waals surface area contributed by atoms with Gasteiger partial charge in [-0.1, -0.05) is 38.1 Å². The fraction of sp³-hybridized carbons (Fsp3) is 0.612. The molecule has 0 spiro atoms. The van der Waals surface area contributed by atoms with Crippen molar-refractivity contribution in [2.45, 2.75) is 231 Å². The van der Waals surface area contributed by atoms with Crippen LogP contribution >= 0.6 is 22.7 Å². The van der Waals surface area contributed by atoms with Crippen LogP contribution < -0.4 is 48.8 Å². The SMILES string of the molecule is CCC(C[C@H]1CCc2sc3ncnc(N(Cc4ccc(OC)cc4)C4CCC(N(C)C(=O)OC(C)(C)C)CC4)c3c21)OC.CCC(O)C[C@H]1CCc2sc3ncnc(N(Cc4ccc(OC)cc4)C4CCC(CC(=O)OC(C)(C)C)CC4)c3c21.[H-].[Na+]. The second-order valence-electron chi connectivity index (χ2n) is 25.9. The number of fused-ring (bicyclic) bond motifs is 6. The van der Waals surface area contributed by atoms with Crippen molar-refractivity contribution >= 4 is 66.8 Å². The number of ether oxygens (including phenoxy) is 5. The predicted molar refractivity (Wildman–Crippen MR) is 339 cm³/mol. The number of benzene rings is 2. The molecule has 1 N–H and O–H groups in total. The van der Waals surface area contributed by atoms with Crippen LogP contribution in [0.2, 0.25) is 0 Å². The van der Waals surface area contributed by atoms with Crippen molar-refractivity contribution in [2.24, 2.45) is 5.92 Å². The number of aliphatic hydroxyl groups excluding tert-OH is 1. The molecule has 4 atom stereocenters. The van der Waals surface area contributed by atoms with Crippen molar-refractivity contribution in [3.63, 3.8) is 0 Å². The topological polar surface area (TPSA) is 162 Å². The third-order valence-corrected chi connectivity index (χ3v) is 20.2. The van der Waals surface area contributed by atoms with Crippen molar-refractivity contribution in [3.8, 4) is 11.5 Å². The van der Waals surface area contributed by atoms with Gasteiger partial charge in [-0.2, -0.15) is 0 Å². The summed E-state index contributed by atoms with van der Waals surface area (Å²) in [6, 6.07) is 17.4. The Hall–Kier alpha value is -4.62. The number of methoxy groups -OCH3 is 3. The number of amides is 1. The zero-order valence-electron chi connectivity index (χ0n) is 54.1. The van der Waals surface area contributed by atoms with E-state index in [1.54, 1.807) is 43.1 Å². The molecule has 18 heteroatoms. The minimum Gasteiger partial charge on any atom is -1.00 e. The number of aliphatic hydroxyl groups is 1. The number of carbonyl (C=O) groups is 2. The summed E-state index contributed by atoms with van der Waals surface area (Å²) in [5.41, 5.74) is 4.28. The molecule has 0 saturated heterocycles. The molecular weight excluding hydrogens is 1120 g/mol. The fourth-order valence-electron chi connectivity index (χ4n) is 13.4. The third kappa shape index (κ3) is 16.6. The summed E-state index contributed by atoms with van der Waals surface area (Å²) in [7, 11) is 7.10. The van der Waals surface area contributed by atoms with Gasteiger partial charge in [0, 0.05) is 61.5 Å². The van der Waals surface area contributed by atoms with Crippen molar-refractivity contribution in [2.75, 3.05) is 38.2 Å². The van der Waals surface area contributed by atoms with Gasteiger partial charge >= 0.3 is 41.6 Å². The van der Waals surface area contributed by atoms with Crippen molar-refractivity contribution in [3.05, 3.63) is 93.2 Å². The zero-order valence-corrected chi connectivity index (χ0v) is 56.7. The summed E-state index contributed by atoms with van der Waals surface area (Å²) in [6.45, 7) is 17.3. The number of hydrogen-bond donors (Lipinski definition) is 1. The molecule has 0 aliphatic heterocycles. The van der Waals surface area contributed by atoms with Gasteiger partial charge in [-0.15, -0.1) is 22.7 Å². The maximum absolute atomic E-state index is 12.8. The Bertz CT molecular complexity index is 3130. The van der Waals surface area contributed by atoms with Gasteiger partial charge in [-0.05, 0) is 209 Å². The normalized spacial score (nSPS) is 21.0. The molecule has 2 saturated carbocycles.